The zero-order valence-corrected chi connectivity index (χ0v) is 13.1. The van der Waals surface area contributed by atoms with E-state index in [1.807, 2.05) is 0 Å². The van der Waals surface area contributed by atoms with Crippen LogP contribution in [0.25, 0.3) is 0 Å². The average Bonchev–Trinajstić information content (AvgIpc) is 2.67. The van der Waals surface area contributed by atoms with Gasteiger partial charge < -0.3 is 0 Å². The first kappa shape index (κ1) is 14.8. The summed E-state index contributed by atoms with van der Waals surface area (Å²) in [5, 5.41) is 0. The van der Waals surface area contributed by atoms with Crippen LogP contribution in [0.15, 0.2) is 12.2 Å². The topological polar surface area (TPSA) is 17.1 Å². The molecule has 1 nitrogen and oxygen atoms in total. The second kappa shape index (κ2) is 5.81. The Morgan fingerprint density at radius 1 is 1.32 bits per heavy atom. The average molecular weight is 262 g/mol. The first-order valence-electron chi connectivity index (χ1n) is 8.14. The maximum Gasteiger partial charge on any atom is 0.136 e. The second-order valence-corrected chi connectivity index (χ2v) is 7.48. The van der Waals surface area contributed by atoms with E-state index in [9.17, 15) is 4.79 Å². The van der Waals surface area contributed by atoms with Crippen LogP contribution < -0.4 is 0 Å². The van der Waals surface area contributed by atoms with Crippen LogP contribution in [0.2, 0.25) is 0 Å². The maximum absolute atomic E-state index is 12.1. The molecule has 2 saturated carbocycles. The predicted octanol–water partition coefficient (Wildman–Crippen LogP) is 5.01. The highest BCUT2D eigenvalue weighted by atomic mass is 16.1. The Labute approximate surface area is 118 Å². The Hall–Kier alpha value is -0.590. The highest BCUT2D eigenvalue weighted by molar-refractivity contribution is 5.83. The summed E-state index contributed by atoms with van der Waals surface area (Å²) in [5.41, 5.74) is 0.289. The van der Waals surface area contributed by atoms with Gasteiger partial charge in [0, 0.05) is 12.3 Å². The largest absolute Gasteiger partial charge is 0.299 e. The summed E-state index contributed by atoms with van der Waals surface area (Å²) in [5.74, 6) is 3.00. The highest BCUT2D eigenvalue weighted by Crippen LogP contribution is 2.56. The molecule has 0 radical (unpaired) electrons. The van der Waals surface area contributed by atoms with Crippen LogP contribution in [0.4, 0.5) is 0 Å². The van der Waals surface area contributed by atoms with Crippen LogP contribution in [0.3, 0.4) is 0 Å². The molecule has 19 heavy (non-hydrogen) atoms. The molecule has 0 heterocycles. The van der Waals surface area contributed by atoms with Gasteiger partial charge in [-0.1, -0.05) is 39.8 Å². The molecule has 0 aromatic carbocycles. The molecule has 0 aromatic heterocycles. The first-order chi connectivity index (χ1) is 8.95. The highest BCUT2D eigenvalue weighted by Gasteiger charge is 2.51. The fourth-order valence-corrected chi connectivity index (χ4v) is 4.53. The Kier molecular flexibility index (Phi) is 4.53. The molecule has 108 valence electrons. The summed E-state index contributed by atoms with van der Waals surface area (Å²) < 4.78 is 0. The molecule has 2 aliphatic rings. The summed E-state index contributed by atoms with van der Waals surface area (Å²) in [6, 6.07) is 0. The number of allylic oxidation sites excluding steroid dienone is 2. The fraction of sp³-hybridized carbons (Fsp3) is 0.833. The lowest BCUT2D eigenvalue weighted by atomic mass is 9.62. The van der Waals surface area contributed by atoms with Crippen LogP contribution in [0.5, 0.6) is 0 Å². The lowest BCUT2D eigenvalue weighted by Gasteiger charge is -2.41. The van der Waals surface area contributed by atoms with Crippen LogP contribution in [-0.4, -0.2) is 5.78 Å². The van der Waals surface area contributed by atoms with Gasteiger partial charge in [0.15, 0.2) is 0 Å². The minimum absolute atomic E-state index is 0.289. The number of rotatable bonds is 4. The van der Waals surface area contributed by atoms with Gasteiger partial charge in [0.1, 0.15) is 5.78 Å². The van der Waals surface area contributed by atoms with Gasteiger partial charge >= 0.3 is 0 Å². The van der Waals surface area contributed by atoms with E-state index in [1.54, 1.807) is 0 Å². The van der Waals surface area contributed by atoms with Gasteiger partial charge in [0.25, 0.3) is 0 Å². The van der Waals surface area contributed by atoms with E-state index in [2.05, 4.69) is 39.8 Å². The third-order valence-electron chi connectivity index (χ3n) is 5.62. The molecule has 0 spiro atoms. The monoisotopic (exact) mass is 262 g/mol. The molecule has 0 unspecified atom stereocenters. The minimum Gasteiger partial charge on any atom is -0.299 e. The minimum atomic E-state index is 0.289. The molecule has 2 rings (SSSR count). The fourth-order valence-electron chi connectivity index (χ4n) is 4.53. The molecule has 1 heteroatoms. The quantitative estimate of drug-likeness (QED) is 0.651. The number of ketones is 1. The van der Waals surface area contributed by atoms with Gasteiger partial charge in [-0.25, -0.2) is 0 Å². The molecule has 0 amide bonds. The molecule has 2 fully saturated rings. The van der Waals surface area contributed by atoms with Crippen molar-refractivity contribution in [2.75, 3.05) is 0 Å². The first-order valence-corrected chi connectivity index (χ1v) is 8.14. The number of carbonyl (C=O) groups is 1. The Balaban J connectivity index is 2.04. The number of fused-ring (bicyclic) bond motifs is 1. The van der Waals surface area contributed by atoms with E-state index in [1.165, 1.54) is 19.3 Å². The van der Waals surface area contributed by atoms with Crippen molar-refractivity contribution in [3.8, 4) is 0 Å². The van der Waals surface area contributed by atoms with Crippen molar-refractivity contribution in [3.05, 3.63) is 12.2 Å². The molecule has 0 bridgehead atoms. The zero-order chi connectivity index (χ0) is 14.0. The van der Waals surface area contributed by atoms with E-state index in [4.69, 9.17) is 0 Å². The number of hydrogen-bond acceptors (Lipinski definition) is 1. The van der Waals surface area contributed by atoms with Crippen molar-refractivity contribution in [3.63, 3.8) is 0 Å². The molecule has 0 aromatic rings. The Bertz CT molecular complexity index is 355. The Morgan fingerprint density at radius 2 is 2.05 bits per heavy atom. The van der Waals surface area contributed by atoms with E-state index >= 15 is 0 Å². The van der Waals surface area contributed by atoms with Crippen molar-refractivity contribution in [2.24, 2.45) is 29.1 Å². The van der Waals surface area contributed by atoms with Crippen molar-refractivity contribution in [1.82, 2.24) is 0 Å². The number of hydrogen-bond donors (Lipinski definition) is 0. The number of Topliss-reactive ketones (excluding diaryl/α,β-unsaturated/α-hetero) is 1. The molecule has 4 atom stereocenters. The second-order valence-electron chi connectivity index (χ2n) is 7.48. The zero-order valence-electron chi connectivity index (χ0n) is 13.1. The van der Waals surface area contributed by atoms with Crippen LogP contribution >= 0.6 is 0 Å². The van der Waals surface area contributed by atoms with Crippen molar-refractivity contribution in [1.29, 1.82) is 0 Å². The number of carbonyl (C=O) groups excluding carboxylic acids is 1. The summed E-state index contributed by atoms with van der Waals surface area (Å²) in [6.07, 6.45) is 11.6. The summed E-state index contributed by atoms with van der Waals surface area (Å²) in [4.78, 5) is 12.1. The standard InChI is InChI=1S/C18H30O/c1-13(2)7-5-8-14(3)15-10-11-16-17(19)9-6-12-18(15,16)4/h5,8,13-16H,6-7,9-12H2,1-4H3/b8-5+/t14-,15+,16-,18+/m0/s1. The smallest absolute Gasteiger partial charge is 0.136 e. The third-order valence-corrected chi connectivity index (χ3v) is 5.62. The van der Waals surface area contributed by atoms with E-state index < -0.39 is 0 Å². The van der Waals surface area contributed by atoms with Crippen LogP contribution in [0, 0.1) is 29.1 Å². The summed E-state index contributed by atoms with van der Waals surface area (Å²) >= 11 is 0. The van der Waals surface area contributed by atoms with Gasteiger partial charge in [-0.05, 0) is 55.3 Å². The van der Waals surface area contributed by atoms with Gasteiger partial charge in [-0.3, -0.25) is 4.79 Å². The molecular formula is C18H30O. The van der Waals surface area contributed by atoms with Crippen molar-refractivity contribution in [2.45, 2.75) is 66.2 Å². The van der Waals surface area contributed by atoms with Crippen LogP contribution in [0.1, 0.15) is 66.2 Å². The van der Waals surface area contributed by atoms with Gasteiger partial charge in [0.2, 0.25) is 0 Å². The van der Waals surface area contributed by atoms with Crippen molar-refractivity contribution >= 4 is 5.78 Å². The van der Waals surface area contributed by atoms with Gasteiger partial charge in [-0.2, -0.15) is 0 Å². The lowest BCUT2D eigenvalue weighted by Crippen LogP contribution is -2.39. The van der Waals surface area contributed by atoms with Crippen molar-refractivity contribution < 1.29 is 4.79 Å². The van der Waals surface area contributed by atoms with Gasteiger partial charge in [0.05, 0.1) is 0 Å². The molecule has 2 aliphatic carbocycles. The SMILES string of the molecule is CC(C)C/C=C/[C@H](C)[C@H]1CC[C@H]2C(=O)CCC[C@]12C. The third kappa shape index (κ3) is 2.95. The van der Waals surface area contributed by atoms with Crippen LogP contribution in [-0.2, 0) is 4.79 Å². The maximum atomic E-state index is 12.1. The van der Waals surface area contributed by atoms with E-state index in [0.29, 0.717) is 23.5 Å². The Morgan fingerprint density at radius 3 is 2.74 bits per heavy atom. The van der Waals surface area contributed by atoms with E-state index in [0.717, 1.165) is 25.2 Å². The van der Waals surface area contributed by atoms with Gasteiger partial charge in [-0.15, -0.1) is 0 Å². The normalized spacial score (nSPS) is 37.0. The predicted molar refractivity (Wildman–Crippen MR) is 80.9 cm³/mol. The lowest BCUT2D eigenvalue weighted by molar-refractivity contribution is -0.129. The molecule has 0 aliphatic heterocycles. The summed E-state index contributed by atoms with van der Waals surface area (Å²) in [6.45, 7) is 9.27. The molecular weight excluding hydrogens is 232 g/mol. The summed E-state index contributed by atoms with van der Waals surface area (Å²) in [7, 11) is 0. The molecule has 0 N–H and O–H groups in total. The molecule has 0 saturated heterocycles. The van der Waals surface area contributed by atoms with E-state index in [-0.39, 0.29) is 5.41 Å².